The van der Waals surface area contributed by atoms with Crippen LogP contribution in [0.2, 0.25) is 0 Å². The van der Waals surface area contributed by atoms with Crippen molar-refractivity contribution in [2.24, 2.45) is 7.05 Å². The first kappa shape index (κ1) is 22.0. The first-order valence-corrected chi connectivity index (χ1v) is 11.2. The number of aromatic nitrogens is 3. The Labute approximate surface area is 188 Å². The average molecular weight is 434 g/mol. The smallest absolute Gasteiger partial charge is 0.245 e. The van der Waals surface area contributed by atoms with Crippen molar-refractivity contribution < 1.29 is 9.53 Å². The van der Waals surface area contributed by atoms with Crippen LogP contribution in [0.1, 0.15) is 37.2 Å². The van der Waals surface area contributed by atoms with Crippen LogP contribution in [0, 0.1) is 0 Å². The summed E-state index contributed by atoms with van der Waals surface area (Å²) in [4.78, 5) is 21.1. The highest BCUT2D eigenvalue weighted by atomic mass is 16.5. The summed E-state index contributed by atoms with van der Waals surface area (Å²) in [5.74, 6) is 1.21. The molecule has 0 spiro atoms. The predicted octanol–water partition coefficient (Wildman–Crippen LogP) is 3.91. The summed E-state index contributed by atoms with van der Waals surface area (Å²) in [5.41, 5.74) is 10.6. The number of anilines is 1. The Balaban J connectivity index is 0.000000230. The van der Waals surface area contributed by atoms with E-state index in [9.17, 15) is 4.79 Å². The number of hydrogen-bond acceptors (Lipinski definition) is 5. The van der Waals surface area contributed by atoms with Gasteiger partial charge in [0.2, 0.25) is 5.91 Å². The fourth-order valence-corrected chi connectivity index (χ4v) is 4.49. The molecule has 32 heavy (non-hydrogen) atoms. The van der Waals surface area contributed by atoms with E-state index in [1.807, 2.05) is 16.5 Å². The lowest BCUT2D eigenvalue weighted by atomic mass is 9.90. The topological polar surface area (TPSA) is 86.3 Å². The minimum Gasteiger partial charge on any atom is -0.383 e. The third kappa shape index (κ3) is 4.67. The maximum atomic E-state index is 10.8. The van der Waals surface area contributed by atoms with Crippen molar-refractivity contribution in [1.82, 2.24) is 19.4 Å². The summed E-state index contributed by atoms with van der Waals surface area (Å²) in [6, 6.07) is 8.80. The molecule has 7 nitrogen and oxygen atoms in total. The molecule has 1 aromatic carbocycles. The number of aryl methyl sites for hydroxylation is 1. The number of fused-ring (bicyclic) bond motifs is 1. The number of nitrogens with zero attached hydrogens (tertiary/aromatic N) is 4. The second kappa shape index (κ2) is 9.96. The minimum absolute atomic E-state index is 0.0764. The first-order chi connectivity index (χ1) is 15.6. The molecule has 0 unspecified atom stereocenters. The highest BCUT2D eigenvalue weighted by molar-refractivity contribution is 6.00. The summed E-state index contributed by atoms with van der Waals surface area (Å²) in [5, 5.41) is 0.925. The van der Waals surface area contributed by atoms with Crippen molar-refractivity contribution >= 4 is 22.8 Å². The molecule has 4 heterocycles. The quantitative estimate of drug-likeness (QED) is 0.633. The molecule has 2 N–H and O–H groups in total. The number of amides is 1. The van der Waals surface area contributed by atoms with Gasteiger partial charge in [-0.15, -0.1) is 0 Å². The van der Waals surface area contributed by atoms with Crippen molar-refractivity contribution in [2.45, 2.75) is 31.6 Å². The molecule has 2 aromatic heterocycles. The van der Waals surface area contributed by atoms with Crippen molar-refractivity contribution in [2.75, 3.05) is 32.0 Å². The van der Waals surface area contributed by atoms with Gasteiger partial charge in [0.25, 0.3) is 0 Å². The Kier molecular flexibility index (Phi) is 6.85. The second-order valence-corrected chi connectivity index (χ2v) is 8.36. The molecule has 2 aliphatic rings. The molecular weight excluding hydrogens is 402 g/mol. The van der Waals surface area contributed by atoms with Crippen LogP contribution >= 0.6 is 0 Å². The first-order valence-electron chi connectivity index (χ1n) is 11.2. The number of carbonyl (C=O) groups is 1. The van der Waals surface area contributed by atoms with Crippen LogP contribution in [0.5, 0.6) is 0 Å². The van der Waals surface area contributed by atoms with Crippen LogP contribution < -0.4 is 5.73 Å². The number of nitrogens with two attached hydrogens (primary N) is 1. The summed E-state index contributed by atoms with van der Waals surface area (Å²) in [6.45, 7) is 6.99. The molecular formula is C25H31N5O2. The fraction of sp³-hybridized carbons (Fsp3) is 0.400. The number of nitrogen functional groups attached to an aromatic ring is 1. The summed E-state index contributed by atoms with van der Waals surface area (Å²) in [6.07, 6.45) is 9.47. The van der Waals surface area contributed by atoms with Gasteiger partial charge in [-0.2, -0.15) is 0 Å². The van der Waals surface area contributed by atoms with E-state index >= 15 is 0 Å². The van der Waals surface area contributed by atoms with Gasteiger partial charge < -0.3 is 19.9 Å². The zero-order chi connectivity index (χ0) is 22.5. The second-order valence-electron chi connectivity index (χ2n) is 8.36. The summed E-state index contributed by atoms with van der Waals surface area (Å²) >= 11 is 0. The Morgan fingerprint density at radius 1 is 1.16 bits per heavy atom. The van der Waals surface area contributed by atoms with Crippen molar-refractivity contribution in [1.29, 1.82) is 0 Å². The van der Waals surface area contributed by atoms with E-state index in [0.29, 0.717) is 11.7 Å². The lowest BCUT2D eigenvalue weighted by molar-refractivity contribution is -0.124. The maximum Gasteiger partial charge on any atom is 0.245 e. The Bertz CT molecular complexity index is 1080. The molecule has 0 aliphatic carbocycles. The van der Waals surface area contributed by atoms with Gasteiger partial charge in [0.15, 0.2) is 0 Å². The van der Waals surface area contributed by atoms with E-state index in [4.69, 9.17) is 10.5 Å². The molecule has 0 atom stereocenters. The third-order valence-electron chi connectivity index (χ3n) is 6.29. The molecule has 0 saturated carbocycles. The normalized spacial score (nSPS) is 16.6. The van der Waals surface area contributed by atoms with E-state index in [2.05, 4.69) is 47.0 Å². The minimum atomic E-state index is 0.0764. The molecule has 168 valence electrons. The Morgan fingerprint density at radius 3 is 2.50 bits per heavy atom. The number of carbonyl (C=O) groups excluding carboxylic acids is 1. The van der Waals surface area contributed by atoms with Crippen LogP contribution in [0.4, 0.5) is 5.82 Å². The standard InChI is InChI=1S/C18H20N4O.C7H11NO/c1-22-10-15(16-17(19)20-11-21-18(16)22)14-4-2-12(3-5-14)13-6-8-23-9-7-13;1-2-7(9)8-5-3-4-6-8/h2-5,10-11,13H,6-9H2,1H3,(H2,19,20,21);2H,1,3-6H2. The van der Waals surface area contributed by atoms with Crippen LogP contribution in [-0.4, -0.2) is 51.6 Å². The van der Waals surface area contributed by atoms with Crippen LogP contribution in [-0.2, 0) is 16.6 Å². The maximum absolute atomic E-state index is 10.8. The zero-order valence-electron chi connectivity index (χ0n) is 18.7. The van der Waals surface area contributed by atoms with Gasteiger partial charge in [-0.1, -0.05) is 30.8 Å². The van der Waals surface area contributed by atoms with Crippen molar-refractivity contribution in [3.63, 3.8) is 0 Å². The number of ether oxygens (including phenoxy) is 1. The van der Waals surface area contributed by atoms with E-state index in [1.165, 1.54) is 18.0 Å². The average Bonchev–Trinajstić information content (AvgIpc) is 3.49. The number of rotatable bonds is 3. The number of benzene rings is 1. The molecule has 1 amide bonds. The van der Waals surface area contributed by atoms with Gasteiger partial charge in [-0.25, -0.2) is 9.97 Å². The van der Waals surface area contributed by atoms with Crippen LogP contribution in [0.3, 0.4) is 0 Å². The van der Waals surface area contributed by atoms with E-state index in [0.717, 1.165) is 74.1 Å². The summed E-state index contributed by atoms with van der Waals surface area (Å²) in [7, 11) is 1.98. The molecule has 7 heteroatoms. The van der Waals surface area contributed by atoms with Crippen LogP contribution in [0.25, 0.3) is 22.2 Å². The monoisotopic (exact) mass is 433 g/mol. The van der Waals surface area contributed by atoms with Gasteiger partial charge in [-0.3, -0.25) is 4.79 Å². The van der Waals surface area contributed by atoms with Crippen molar-refractivity contribution in [3.8, 4) is 11.1 Å². The van der Waals surface area contributed by atoms with Gasteiger partial charge in [0.1, 0.15) is 17.8 Å². The lowest BCUT2D eigenvalue weighted by Crippen LogP contribution is -2.25. The Hall–Kier alpha value is -3.19. The SMILES string of the molecule is C=CC(=O)N1CCCC1.Cn1cc(-c2ccc(C3CCOCC3)cc2)c2c(N)ncnc21. The summed E-state index contributed by atoms with van der Waals surface area (Å²) < 4.78 is 7.44. The van der Waals surface area contributed by atoms with E-state index in [1.54, 1.807) is 0 Å². The highest BCUT2D eigenvalue weighted by Crippen LogP contribution is 2.34. The molecule has 2 aliphatic heterocycles. The fourth-order valence-electron chi connectivity index (χ4n) is 4.49. The largest absolute Gasteiger partial charge is 0.383 e. The van der Waals surface area contributed by atoms with Crippen LogP contribution in [0.15, 0.2) is 49.4 Å². The van der Waals surface area contributed by atoms with Gasteiger partial charge in [0.05, 0.1) is 5.39 Å². The molecule has 3 aromatic rings. The molecule has 2 saturated heterocycles. The zero-order valence-corrected chi connectivity index (χ0v) is 18.7. The van der Waals surface area contributed by atoms with Gasteiger partial charge >= 0.3 is 0 Å². The molecule has 5 rings (SSSR count). The predicted molar refractivity (Wildman–Crippen MR) is 127 cm³/mol. The Morgan fingerprint density at radius 2 is 1.84 bits per heavy atom. The van der Waals surface area contributed by atoms with Crippen molar-refractivity contribution in [3.05, 3.63) is 55.0 Å². The number of likely N-dealkylation sites (tertiary alicyclic amines) is 1. The van der Waals surface area contributed by atoms with E-state index < -0.39 is 0 Å². The molecule has 2 fully saturated rings. The molecule has 0 bridgehead atoms. The highest BCUT2D eigenvalue weighted by Gasteiger charge is 2.17. The van der Waals surface area contributed by atoms with Gasteiger partial charge in [-0.05, 0) is 48.8 Å². The third-order valence-corrected chi connectivity index (χ3v) is 6.29. The number of hydrogen-bond donors (Lipinski definition) is 1. The van der Waals surface area contributed by atoms with E-state index in [-0.39, 0.29) is 5.91 Å². The lowest BCUT2D eigenvalue weighted by Gasteiger charge is -2.22. The van der Waals surface area contributed by atoms with Gasteiger partial charge in [0, 0.05) is 45.1 Å². The molecule has 0 radical (unpaired) electrons.